The van der Waals surface area contributed by atoms with Crippen molar-refractivity contribution in [3.8, 4) is 5.75 Å². The zero-order valence-electron chi connectivity index (χ0n) is 15.6. The van der Waals surface area contributed by atoms with Crippen LogP contribution in [0.5, 0.6) is 5.75 Å². The molecule has 1 aliphatic heterocycles. The smallest absolute Gasteiger partial charge is 0.227 e. The molecule has 0 spiro atoms. The molecule has 0 aliphatic carbocycles. The molecule has 0 radical (unpaired) electrons. The number of carbonyl (C=O) groups is 2. The SMILES string of the molecule is CCOc1ccccc1N1CC(C(=O)N(C)CC(C)(C)CN)CC1=O. The van der Waals surface area contributed by atoms with Gasteiger partial charge in [0.25, 0.3) is 0 Å². The van der Waals surface area contributed by atoms with E-state index >= 15 is 0 Å². The highest BCUT2D eigenvalue weighted by molar-refractivity contribution is 6.01. The van der Waals surface area contributed by atoms with Crippen molar-refractivity contribution in [3.63, 3.8) is 0 Å². The van der Waals surface area contributed by atoms with Gasteiger partial charge in [0.2, 0.25) is 11.8 Å². The first kappa shape index (κ1) is 19.2. The van der Waals surface area contributed by atoms with Gasteiger partial charge in [-0.05, 0) is 31.0 Å². The number of rotatable bonds is 7. The van der Waals surface area contributed by atoms with Crippen LogP contribution in [0.2, 0.25) is 0 Å². The Hall–Kier alpha value is -2.08. The zero-order chi connectivity index (χ0) is 18.6. The number of carbonyl (C=O) groups excluding carboxylic acids is 2. The topological polar surface area (TPSA) is 75.9 Å². The minimum Gasteiger partial charge on any atom is -0.492 e. The first-order valence-electron chi connectivity index (χ1n) is 8.76. The maximum atomic E-state index is 12.7. The molecule has 1 aromatic rings. The lowest BCUT2D eigenvalue weighted by molar-refractivity contribution is -0.135. The number of nitrogens with zero attached hydrogens (tertiary/aromatic N) is 2. The van der Waals surface area contributed by atoms with Crippen LogP contribution in [-0.2, 0) is 9.59 Å². The van der Waals surface area contributed by atoms with Gasteiger partial charge in [-0.2, -0.15) is 0 Å². The minimum absolute atomic E-state index is 0.00809. The van der Waals surface area contributed by atoms with Gasteiger partial charge in [-0.15, -0.1) is 0 Å². The number of anilines is 1. The van der Waals surface area contributed by atoms with E-state index in [4.69, 9.17) is 10.5 Å². The third kappa shape index (κ3) is 4.51. The van der Waals surface area contributed by atoms with Crippen LogP contribution in [0.25, 0.3) is 0 Å². The molecule has 6 heteroatoms. The van der Waals surface area contributed by atoms with Crippen LogP contribution in [0.4, 0.5) is 5.69 Å². The number of hydrogen-bond donors (Lipinski definition) is 1. The molecule has 1 fully saturated rings. The number of para-hydroxylation sites is 2. The number of nitrogens with two attached hydrogens (primary N) is 1. The van der Waals surface area contributed by atoms with E-state index in [1.165, 1.54) is 0 Å². The van der Waals surface area contributed by atoms with Gasteiger partial charge in [-0.1, -0.05) is 26.0 Å². The quantitative estimate of drug-likeness (QED) is 0.817. The molecule has 2 N–H and O–H groups in total. The van der Waals surface area contributed by atoms with E-state index in [0.717, 1.165) is 5.69 Å². The molecule has 2 rings (SSSR count). The van der Waals surface area contributed by atoms with E-state index in [2.05, 4.69) is 0 Å². The van der Waals surface area contributed by atoms with Crippen LogP contribution in [0, 0.1) is 11.3 Å². The third-order valence-corrected chi connectivity index (χ3v) is 4.52. The summed E-state index contributed by atoms with van der Waals surface area (Å²) in [5, 5.41) is 0. The molecule has 25 heavy (non-hydrogen) atoms. The van der Waals surface area contributed by atoms with E-state index in [1.807, 2.05) is 45.0 Å². The predicted molar refractivity (Wildman–Crippen MR) is 98.5 cm³/mol. The highest BCUT2D eigenvalue weighted by atomic mass is 16.5. The normalized spacial score (nSPS) is 17.7. The zero-order valence-corrected chi connectivity index (χ0v) is 15.6. The fraction of sp³-hybridized carbons (Fsp3) is 0.579. The number of benzene rings is 1. The van der Waals surface area contributed by atoms with Gasteiger partial charge < -0.3 is 20.3 Å². The molecular formula is C19H29N3O3. The second-order valence-electron chi connectivity index (χ2n) is 7.37. The molecule has 0 aromatic heterocycles. The van der Waals surface area contributed by atoms with Gasteiger partial charge in [0.15, 0.2) is 0 Å². The molecule has 0 bridgehead atoms. The first-order chi connectivity index (χ1) is 11.8. The monoisotopic (exact) mass is 347 g/mol. The standard InChI is InChI=1S/C19H29N3O3/c1-5-25-16-9-7-6-8-15(16)22-11-14(10-17(22)23)18(24)21(4)13-19(2,3)12-20/h6-9,14H,5,10-13,20H2,1-4H3. The summed E-state index contributed by atoms with van der Waals surface area (Å²) in [5.41, 5.74) is 6.35. The second kappa shape index (κ2) is 7.87. The lowest BCUT2D eigenvalue weighted by Crippen LogP contribution is -2.42. The molecule has 1 unspecified atom stereocenters. The molecule has 2 amide bonds. The maximum absolute atomic E-state index is 12.7. The molecule has 6 nitrogen and oxygen atoms in total. The van der Waals surface area contributed by atoms with Crippen LogP contribution in [0.3, 0.4) is 0 Å². The summed E-state index contributed by atoms with van der Waals surface area (Å²) in [7, 11) is 1.78. The second-order valence-corrected chi connectivity index (χ2v) is 7.37. The Balaban J connectivity index is 2.11. The van der Waals surface area contributed by atoms with Crippen LogP contribution >= 0.6 is 0 Å². The van der Waals surface area contributed by atoms with Crippen LogP contribution < -0.4 is 15.4 Å². The average Bonchev–Trinajstić information content (AvgIpc) is 2.96. The Morgan fingerprint density at radius 2 is 2.08 bits per heavy atom. The number of hydrogen-bond acceptors (Lipinski definition) is 4. The van der Waals surface area contributed by atoms with Crippen LogP contribution in [0.15, 0.2) is 24.3 Å². The van der Waals surface area contributed by atoms with Crippen molar-refractivity contribution in [2.75, 3.05) is 38.2 Å². The summed E-state index contributed by atoms with van der Waals surface area (Å²) in [6.07, 6.45) is 0.229. The highest BCUT2D eigenvalue weighted by Gasteiger charge is 2.38. The average molecular weight is 347 g/mol. The summed E-state index contributed by atoms with van der Waals surface area (Å²) in [5.74, 6) is 0.285. The van der Waals surface area contributed by atoms with E-state index < -0.39 is 0 Å². The molecule has 1 atom stereocenters. The van der Waals surface area contributed by atoms with Crippen molar-refractivity contribution in [2.45, 2.75) is 27.2 Å². The molecule has 1 aromatic carbocycles. The van der Waals surface area contributed by atoms with Crippen molar-refractivity contribution in [3.05, 3.63) is 24.3 Å². The van der Waals surface area contributed by atoms with Gasteiger partial charge >= 0.3 is 0 Å². The molecular weight excluding hydrogens is 318 g/mol. The van der Waals surface area contributed by atoms with Crippen molar-refractivity contribution in [1.82, 2.24) is 4.90 Å². The Morgan fingerprint density at radius 1 is 1.40 bits per heavy atom. The molecule has 138 valence electrons. The van der Waals surface area contributed by atoms with E-state index in [9.17, 15) is 9.59 Å². The Kier molecular flexibility index (Phi) is 6.06. The van der Waals surface area contributed by atoms with Crippen molar-refractivity contribution >= 4 is 17.5 Å². The lowest BCUT2D eigenvalue weighted by Gasteiger charge is -2.30. The maximum Gasteiger partial charge on any atom is 0.227 e. The highest BCUT2D eigenvalue weighted by Crippen LogP contribution is 2.33. The fourth-order valence-electron chi connectivity index (χ4n) is 3.16. The summed E-state index contributed by atoms with van der Waals surface area (Å²) in [4.78, 5) is 28.6. The van der Waals surface area contributed by atoms with E-state index in [-0.39, 0.29) is 29.6 Å². The first-order valence-corrected chi connectivity index (χ1v) is 8.76. The van der Waals surface area contributed by atoms with E-state index in [0.29, 0.717) is 32.0 Å². The molecule has 1 aliphatic rings. The number of ether oxygens (including phenoxy) is 1. The van der Waals surface area contributed by atoms with Gasteiger partial charge in [0.1, 0.15) is 5.75 Å². The fourth-order valence-corrected chi connectivity index (χ4v) is 3.16. The van der Waals surface area contributed by atoms with Gasteiger partial charge in [0, 0.05) is 26.6 Å². The Labute approximate surface area is 149 Å². The summed E-state index contributed by atoms with van der Waals surface area (Å²) < 4.78 is 5.62. The van der Waals surface area contributed by atoms with Gasteiger partial charge in [-0.25, -0.2) is 0 Å². The van der Waals surface area contributed by atoms with Gasteiger partial charge in [0.05, 0.1) is 18.2 Å². The predicted octanol–water partition coefficient (Wildman–Crippen LogP) is 1.88. The summed E-state index contributed by atoms with van der Waals surface area (Å²) in [6, 6.07) is 7.45. The largest absolute Gasteiger partial charge is 0.492 e. The summed E-state index contributed by atoms with van der Waals surface area (Å²) >= 11 is 0. The van der Waals surface area contributed by atoms with Crippen LogP contribution in [-0.4, -0.2) is 50.0 Å². The Morgan fingerprint density at radius 3 is 2.72 bits per heavy atom. The lowest BCUT2D eigenvalue weighted by atomic mass is 9.92. The molecule has 0 saturated carbocycles. The number of amides is 2. The molecule has 1 heterocycles. The van der Waals surface area contributed by atoms with Crippen molar-refractivity contribution in [1.29, 1.82) is 0 Å². The van der Waals surface area contributed by atoms with Crippen molar-refractivity contribution < 1.29 is 14.3 Å². The third-order valence-electron chi connectivity index (χ3n) is 4.52. The van der Waals surface area contributed by atoms with E-state index in [1.54, 1.807) is 16.8 Å². The molecule has 1 saturated heterocycles. The van der Waals surface area contributed by atoms with Crippen LogP contribution in [0.1, 0.15) is 27.2 Å². The summed E-state index contributed by atoms with van der Waals surface area (Å²) in [6.45, 7) is 7.95. The van der Waals surface area contributed by atoms with Gasteiger partial charge in [-0.3, -0.25) is 9.59 Å². The minimum atomic E-state index is -0.333. The van der Waals surface area contributed by atoms with Crippen molar-refractivity contribution in [2.24, 2.45) is 17.1 Å². The Bertz CT molecular complexity index is 630.